The van der Waals surface area contributed by atoms with E-state index in [0.29, 0.717) is 70.5 Å². The molecular weight excluding hydrogens is 508 g/mol. The zero-order valence-electron chi connectivity index (χ0n) is 21.8. The number of fused-ring (bicyclic) bond motifs is 1. The number of nitrogens with zero attached hydrogens (tertiary/aromatic N) is 5. The fraction of sp³-hybridized carbons (Fsp3) is 0.385. The molecule has 0 atom stereocenters. The molecule has 3 heterocycles. The number of pyridine rings is 1. The Hall–Kier alpha value is -3.93. The van der Waals surface area contributed by atoms with Crippen LogP contribution in [-0.4, -0.2) is 60.0 Å². The maximum absolute atomic E-state index is 12.3. The van der Waals surface area contributed by atoms with Crippen LogP contribution in [0.2, 0.25) is 0 Å². The van der Waals surface area contributed by atoms with Crippen molar-refractivity contribution in [1.29, 1.82) is 0 Å². The molecule has 1 aliphatic carbocycles. The third-order valence-electron chi connectivity index (χ3n) is 6.21. The number of aromatic nitrogens is 5. The Morgan fingerprint density at radius 1 is 1.00 bits per heavy atom. The number of hydrogen-bond acceptors (Lipinski definition) is 9. The largest absolute Gasteiger partial charge is 0.494 e. The Bertz CT molecular complexity index is 1560. The van der Waals surface area contributed by atoms with Crippen LogP contribution in [0.3, 0.4) is 0 Å². The summed E-state index contributed by atoms with van der Waals surface area (Å²) in [6.45, 7) is 2.35. The molecule has 11 nitrogen and oxygen atoms in total. The number of aryl methyl sites for hydroxylation is 1. The average molecular weight is 539 g/mol. The maximum atomic E-state index is 12.3. The molecule has 0 amide bonds. The number of ether oxygens (including phenoxy) is 3. The van der Waals surface area contributed by atoms with Gasteiger partial charge in [0.1, 0.15) is 22.9 Å². The molecule has 0 unspecified atom stereocenters. The highest BCUT2D eigenvalue weighted by molar-refractivity contribution is 7.92. The molecule has 38 heavy (non-hydrogen) atoms. The normalized spacial score (nSPS) is 13.5. The smallest absolute Gasteiger partial charge is 0.231 e. The third-order valence-corrected chi connectivity index (χ3v) is 6.77. The average Bonchev–Trinajstić information content (AvgIpc) is 3.66. The van der Waals surface area contributed by atoms with Gasteiger partial charge in [-0.05, 0) is 43.9 Å². The number of methoxy groups -OCH3 is 2. The molecule has 0 bridgehead atoms. The second-order valence-corrected chi connectivity index (χ2v) is 10.8. The molecule has 5 rings (SSSR count). The van der Waals surface area contributed by atoms with Gasteiger partial charge in [0.05, 0.1) is 32.8 Å². The van der Waals surface area contributed by atoms with E-state index in [0.717, 1.165) is 12.7 Å². The molecule has 3 aromatic heterocycles. The highest BCUT2D eigenvalue weighted by Gasteiger charge is 2.27. The SMILES string of the molecule is CCOc1cccc(-c2nc3nc(CCC4CC4)c(NS(C)(=O)=O)nc3n2-c2c(OC)cccc2OC)n1. The lowest BCUT2D eigenvalue weighted by molar-refractivity contribution is 0.327. The van der Waals surface area contributed by atoms with Crippen LogP contribution in [0.25, 0.3) is 28.5 Å². The zero-order valence-corrected chi connectivity index (χ0v) is 22.6. The van der Waals surface area contributed by atoms with Gasteiger partial charge in [0.2, 0.25) is 15.9 Å². The summed E-state index contributed by atoms with van der Waals surface area (Å²) in [6.07, 6.45) is 4.95. The number of benzene rings is 1. The van der Waals surface area contributed by atoms with Crippen molar-refractivity contribution in [2.24, 2.45) is 5.92 Å². The highest BCUT2D eigenvalue weighted by Crippen LogP contribution is 2.39. The Morgan fingerprint density at radius 3 is 2.34 bits per heavy atom. The molecule has 1 saturated carbocycles. The quantitative estimate of drug-likeness (QED) is 0.301. The van der Waals surface area contributed by atoms with Crippen molar-refractivity contribution in [3.05, 3.63) is 42.1 Å². The monoisotopic (exact) mass is 538 g/mol. The van der Waals surface area contributed by atoms with Crippen LogP contribution in [-0.2, 0) is 16.4 Å². The highest BCUT2D eigenvalue weighted by atomic mass is 32.2. The molecule has 1 aliphatic rings. The fourth-order valence-electron chi connectivity index (χ4n) is 4.31. The maximum Gasteiger partial charge on any atom is 0.231 e. The minimum Gasteiger partial charge on any atom is -0.494 e. The predicted octanol–water partition coefficient (Wildman–Crippen LogP) is 4.01. The van der Waals surface area contributed by atoms with E-state index in [2.05, 4.69) is 9.71 Å². The summed E-state index contributed by atoms with van der Waals surface area (Å²) < 4.78 is 45.8. The molecule has 200 valence electrons. The molecule has 0 aliphatic heterocycles. The number of sulfonamides is 1. The second kappa shape index (κ2) is 10.4. The number of imidazole rings is 1. The van der Waals surface area contributed by atoms with E-state index < -0.39 is 10.0 Å². The number of hydrogen-bond donors (Lipinski definition) is 1. The van der Waals surface area contributed by atoms with Crippen LogP contribution < -0.4 is 18.9 Å². The molecule has 1 fully saturated rings. The minimum absolute atomic E-state index is 0.179. The lowest BCUT2D eigenvalue weighted by Crippen LogP contribution is -2.15. The van der Waals surface area contributed by atoms with Gasteiger partial charge in [-0.25, -0.2) is 28.4 Å². The van der Waals surface area contributed by atoms with E-state index in [-0.39, 0.29) is 5.82 Å². The van der Waals surface area contributed by atoms with Crippen LogP contribution in [0.4, 0.5) is 5.82 Å². The van der Waals surface area contributed by atoms with Crippen LogP contribution in [0, 0.1) is 5.92 Å². The number of anilines is 1. The Balaban J connectivity index is 1.81. The van der Waals surface area contributed by atoms with Gasteiger partial charge in [-0.2, -0.15) is 0 Å². The van der Waals surface area contributed by atoms with E-state index in [9.17, 15) is 8.42 Å². The lowest BCUT2D eigenvalue weighted by Gasteiger charge is -2.17. The number of rotatable bonds is 11. The van der Waals surface area contributed by atoms with Crippen LogP contribution in [0.1, 0.15) is 31.9 Å². The summed E-state index contributed by atoms with van der Waals surface area (Å²) in [5.41, 5.74) is 2.27. The van der Waals surface area contributed by atoms with Crippen LogP contribution >= 0.6 is 0 Å². The van der Waals surface area contributed by atoms with Gasteiger partial charge in [-0.1, -0.05) is 25.0 Å². The standard InChI is InChI=1S/C26H30N6O5S/c1-5-37-21-11-6-8-18(27-21)25-30-24-26(32(25)22-19(35-2)9-7-10-20(22)36-3)29-23(31-38(4,33)34)17(28-24)15-14-16-12-13-16/h6-11,16H,5,12-15H2,1-4H3,(H,29,31). The van der Waals surface area contributed by atoms with E-state index >= 15 is 0 Å². The molecule has 0 saturated heterocycles. The van der Waals surface area contributed by atoms with Crippen molar-refractivity contribution in [3.8, 4) is 34.6 Å². The van der Waals surface area contributed by atoms with E-state index in [1.54, 1.807) is 37.0 Å². The lowest BCUT2D eigenvalue weighted by atomic mass is 10.2. The first-order valence-corrected chi connectivity index (χ1v) is 14.3. The van der Waals surface area contributed by atoms with Gasteiger partial charge in [-0.3, -0.25) is 9.29 Å². The molecule has 1 aromatic carbocycles. The molecule has 4 aromatic rings. The summed E-state index contributed by atoms with van der Waals surface area (Å²) >= 11 is 0. The summed E-state index contributed by atoms with van der Waals surface area (Å²) in [7, 11) is -0.494. The van der Waals surface area contributed by atoms with E-state index in [1.165, 1.54) is 12.8 Å². The van der Waals surface area contributed by atoms with E-state index in [4.69, 9.17) is 29.2 Å². The topological polar surface area (TPSA) is 130 Å². The van der Waals surface area contributed by atoms with Gasteiger partial charge in [0.25, 0.3) is 0 Å². The van der Waals surface area contributed by atoms with Gasteiger partial charge in [-0.15, -0.1) is 0 Å². The molecular formula is C26H30N6O5S. The first kappa shape index (κ1) is 25.7. The summed E-state index contributed by atoms with van der Waals surface area (Å²) in [6, 6.07) is 10.8. The van der Waals surface area contributed by atoms with Gasteiger partial charge in [0.15, 0.2) is 22.9 Å². The Morgan fingerprint density at radius 2 is 1.71 bits per heavy atom. The number of nitrogens with one attached hydrogen (secondary N) is 1. The van der Waals surface area contributed by atoms with Crippen molar-refractivity contribution < 1.29 is 22.6 Å². The Labute approximate surface area is 221 Å². The molecule has 0 spiro atoms. The Kier molecular flexibility index (Phi) is 7.06. The van der Waals surface area contributed by atoms with Crippen LogP contribution in [0.5, 0.6) is 17.4 Å². The van der Waals surface area contributed by atoms with Gasteiger partial charge in [0, 0.05) is 6.07 Å². The van der Waals surface area contributed by atoms with Crippen molar-refractivity contribution in [2.45, 2.75) is 32.6 Å². The van der Waals surface area contributed by atoms with Crippen molar-refractivity contribution in [1.82, 2.24) is 24.5 Å². The first-order chi connectivity index (χ1) is 18.3. The third kappa shape index (κ3) is 5.35. The first-order valence-electron chi connectivity index (χ1n) is 12.4. The summed E-state index contributed by atoms with van der Waals surface area (Å²) in [4.78, 5) is 19.0. The number of para-hydroxylation sites is 1. The van der Waals surface area contributed by atoms with Crippen molar-refractivity contribution in [3.63, 3.8) is 0 Å². The van der Waals surface area contributed by atoms with Gasteiger partial charge < -0.3 is 14.2 Å². The van der Waals surface area contributed by atoms with E-state index in [1.807, 2.05) is 25.1 Å². The van der Waals surface area contributed by atoms with Gasteiger partial charge >= 0.3 is 0 Å². The van der Waals surface area contributed by atoms with Crippen LogP contribution in [0.15, 0.2) is 36.4 Å². The predicted molar refractivity (Wildman–Crippen MR) is 144 cm³/mol. The van der Waals surface area contributed by atoms with Crippen molar-refractivity contribution in [2.75, 3.05) is 31.8 Å². The zero-order chi connectivity index (χ0) is 26.9. The summed E-state index contributed by atoms with van der Waals surface area (Å²) in [5.74, 6) is 2.69. The molecule has 0 radical (unpaired) electrons. The van der Waals surface area contributed by atoms with Crippen molar-refractivity contribution >= 4 is 27.1 Å². The molecule has 12 heteroatoms. The minimum atomic E-state index is -3.61. The molecule has 1 N–H and O–H groups in total. The fourth-order valence-corrected chi connectivity index (χ4v) is 4.82. The second-order valence-electron chi connectivity index (χ2n) is 9.10. The summed E-state index contributed by atoms with van der Waals surface area (Å²) in [5, 5.41) is 0.